The average molecular weight is 532 g/mol. The lowest BCUT2D eigenvalue weighted by Gasteiger charge is -2.11. The number of nitrogens with zero attached hydrogens (tertiary/aromatic N) is 4. The number of carbonyl (C=O) groups excluding carboxylic acids is 1. The van der Waals surface area contributed by atoms with Gasteiger partial charge in [0, 0.05) is 19.1 Å². The van der Waals surface area contributed by atoms with E-state index < -0.39 is 15.7 Å². The molecule has 190 valence electrons. The van der Waals surface area contributed by atoms with Crippen molar-refractivity contribution in [3.63, 3.8) is 0 Å². The summed E-state index contributed by atoms with van der Waals surface area (Å²) < 4.78 is 35.6. The van der Waals surface area contributed by atoms with Gasteiger partial charge in [-0.1, -0.05) is 28.6 Å². The fraction of sp³-hybridized carbons (Fsp3) is 0.435. The van der Waals surface area contributed by atoms with Crippen LogP contribution < -0.4 is 10.1 Å². The number of fused-ring (bicyclic) bond motifs is 1. The first-order valence-electron chi connectivity index (χ1n) is 11.5. The number of oxime groups is 1. The van der Waals surface area contributed by atoms with Gasteiger partial charge in [0.2, 0.25) is 5.88 Å². The minimum atomic E-state index is -3.35. The maximum atomic E-state index is 13.3. The summed E-state index contributed by atoms with van der Waals surface area (Å²) in [7, 11) is -0.205. The van der Waals surface area contributed by atoms with Crippen molar-refractivity contribution in [3.8, 4) is 5.88 Å². The highest BCUT2D eigenvalue weighted by atomic mass is 32.2. The molecule has 0 saturated heterocycles. The van der Waals surface area contributed by atoms with Gasteiger partial charge in [0.05, 0.1) is 29.6 Å². The zero-order valence-corrected chi connectivity index (χ0v) is 21.3. The van der Waals surface area contributed by atoms with E-state index in [-0.39, 0.29) is 33.2 Å². The van der Waals surface area contributed by atoms with Crippen molar-refractivity contribution >= 4 is 48.4 Å². The minimum absolute atomic E-state index is 0.00370. The van der Waals surface area contributed by atoms with Gasteiger partial charge < -0.3 is 14.3 Å². The molecule has 2 aromatic heterocycles. The molecule has 2 saturated carbocycles. The molecule has 2 fully saturated rings. The van der Waals surface area contributed by atoms with E-state index in [1.165, 1.54) is 25.4 Å². The molecule has 2 aliphatic carbocycles. The van der Waals surface area contributed by atoms with E-state index in [0.717, 1.165) is 24.2 Å². The van der Waals surface area contributed by atoms with Gasteiger partial charge in [-0.3, -0.25) is 10.1 Å². The maximum absolute atomic E-state index is 13.3. The number of sulfone groups is 1. The topological polar surface area (TPSA) is 142 Å². The summed E-state index contributed by atoms with van der Waals surface area (Å²) in [6.45, 7) is 0. The van der Waals surface area contributed by atoms with Gasteiger partial charge in [0.25, 0.3) is 5.91 Å². The smallest absolute Gasteiger partial charge is 0.280 e. The van der Waals surface area contributed by atoms with Gasteiger partial charge in [-0.05, 0) is 37.8 Å². The summed E-state index contributed by atoms with van der Waals surface area (Å²) in [5.74, 6) is -0.216. The molecule has 3 aromatic rings. The monoisotopic (exact) mass is 531 g/mol. The lowest BCUT2D eigenvalue weighted by molar-refractivity contribution is -0.110. The fourth-order valence-electron chi connectivity index (χ4n) is 3.95. The first-order valence-corrected chi connectivity index (χ1v) is 13.8. The van der Waals surface area contributed by atoms with Gasteiger partial charge >= 0.3 is 0 Å². The summed E-state index contributed by atoms with van der Waals surface area (Å²) in [6.07, 6.45) is 4.98. The third kappa shape index (κ3) is 5.18. The van der Waals surface area contributed by atoms with Crippen molar-refractivity contribution in [1.29, 1.82) is 0 Å². The number of benzene rings is 1. The highest BCUT2D eigenvalue weighted by Gasteiger charge is 2.37. The van der Waals surface area contributed by atoms with Crippen LogP contribution in [0.2, 0.25) is 0 Å². The maximum Gasteiger partial charge on any atom is 0.280 e. The van der Waals surface area contributed by atoms with Gasteiger partial charge in [0.15, 0.2) is 31.2 Å². The molecule has 0 spiro atoms. The number of ether oxygens (including phenoxy) is 2. The standard InChI is InChI=1S/C23H25N5O6S2/c1-32-14-5-6-15(11-14)34-28-19(13-3-7-16(8-4-13)36(30,31)17-9-10-17)21(29)27-23-26-20-22(35-23)25-18(33-2)12-24-20/h3-4,7-8,12,14-15,17H,5-6,9-11H2,1-2H3,(H,24,26,27,29)/t14-,15-/m1/s1. The molecule has 13 heteroatoms. The second-order valence-corrected chi connectivity index (χ2v) is 11.8. The number of anilines is 1. The molecule has 0 unspecified atom stereocenters. The molecule has 2 heterocycles. The summed E-state index contributed by atoms with van der Waals surface area (Å²) >= 11 is 1.14. The Labute approximate surface area is 211 Å². The Hall–Kier alpha value is -3.16. The number of nitrogens with one attached hydrogen (secondary N) is 1. The molecule has 1 N–H and O–H groups in total. The van der Waals surface area contributed by atoms with Crippen molar-refractivity contribution in [2.45, 2.75) is 54.5 Å². The summed E-state index contributed by atoms with van der Waals surface area (Å²) in [6, 6.07) is 6.13. The summed E-state index contributed by atoms with van der Waals surface area (Å²) in [4.78, 5) is 32.5. The minimum Gasteiger partial charge on any atom is -0.480 e. The van der Waals surface area contributed by atoms with E-state index >= 15 is 0 Å². The highest BCUT2D eigenvalue weighted by molar-refractivity contribution is 7.92. The van der Waals surface area contributed by atoms with Crippen molar-refractivity contribution in [1.82, 2.24) is 15.0 Å². The SMILES string of the molecule is COc1cnc2nc(NC(=O)C(=NO[C@@H]3CC[C@@H](OC)C3)c3ccc(S(=O)(=O)C4CC4)cc3)sc2n1. The number of rotatable bonds is 9. The summed E-state index contributed by atoms with van der Waals surface area (Å²) in [5, 5.41) is 6.88. The van der Waals surface area contributed by atoms with Crippen LogP contribution in [0, 0.1) is 0 Å². The molecule has 2 aliphatic rings. The summed E-state index contributed by atoms with van der Waals surface area (Å²) in [5.41, 5.74) is 0.795. The van der Waals surface area contributed by atoms with E-state index in [2.05, 4.69) is 25.4 Å². The first-order chi connectivity index (χ1) is 17.4. The van der Waals surface area contributed by atoms with Crippen LogP contribution >= 0.6 is 11.3 Å². The van der Waals surface area contributed by atoms with Crippen LogP contribution in [0.15, 0.2) is 40.5 Å². The van der Waals surface area contributed by atoms with Crippen LogP contribution in [0.25, 0.3) is 10.5 Å². The number of thiazole rings is 1. The van der Waals surface area contributed by atoms with E-state index in [9.17, 15) is 13.2 Å². The van der Waals surface area contributed by atoms with Gasteiger partial charge in [-0.2, -0.15) is 9.97 Å². The Morgan fingerprint density at radius 2 is 1.83 bits per heavy atom. The number of amides is 1. The Balaban J connectivity index is 1.40. The number of hydrogen-bond acceptors (Lipinski definition) is 11. The molecule has 1 amide bonds. The highest BCUT2D eigenvalue weighted by Crippen LogP contribution is 2.33. The first kappa shape index (κ1) is 24.5. The van der Waals surface area contributed by atoms with E-state index in [4.69, 9.17) is 14.3 Å². The molecule has 36 heavy (non-hydrogen) atoms. The van der Waals surface area contributed by atoms with Crippen LogP contribution in [-0.4, -0.2) is 66.7 Å². The Morgan fingerprint density at radius 3 is 2.50 bits per heavy atom. The molecular formula is C23H25N5O6S2. The quantitative estimate of drug-likeness (QED) is 0.326. The van der Waals surface area contributed by atoms with Crippen LogP contribution in [0.3, 0.4) is 0 Å². The molecular weight excluding hydrogens is 506 g/mol. The predicted octanol–water partition coefficient (Wildman–Crippen LogP) is 2.96. The molecule has 0 aliphatic heterocycles. The molecule has 11 nitrogen and oxygen atoms in total. The van der Waals surface area contributed by atoms with Crippen molar-refractivity contribution in [2.75, 3.05) is 19.5 Å². The van der Waals surface area contributed by atoms with Gasteiger partial charge in [0.1, 0.15) is 6.10 Å². The number of hydrogen-bond donors (Lipinski definition) is 1. The van der Waals surface area contributed by atoms with Crippen molar-refractivity contribution in [3.05, 3.63) is 36.0 Å². The Bertz CT molecular complexity index is 1400. The zero-order chi connectivity index (χ0) is 25.3. The van der Waals surface area contributed by atoms with Crippen LogP contribution in [0.1, 0.15) is 37.7 Å². The Morgan fingerprint density at radius 1 is 1.08 bits per heavy atom. The van der Waals surface area contributed by atoms with Crippen LogP contribution in [0.4, 0.5) is 5.13 Å². The van der Waals surface area contributed by atoms with Crippen molar-refractivity contribution in [2.24, 2.45) is 5.16 Å². The van der Waals surface area contributed by atoms with Crippen molar-refractivity contribution < 1.29 is 27.5 Å². The van der Waals surface area contributed by atoms with Crippen LogP contribution in [0.5, 0.6) is 5.88 Å². The average Bonchev–Trinajstić information content (AvgIpc) is 3.53. The third-order valence-corrected chi connectivity index (χ3v) is 9.26. The van der Waals surface area contributed by atoms with E-state index in [1.54, 1.807) is 19.2 Å². The third-order valence-electron chi connectivity index (χ3n) is 6.13. The molecule has 0 radical (unpaired) electrons. The normalized spacial score (nSPS) is 20.4. The number of aromatic nitrogens is 3. The molecule has 5 rings (SSSR count). The molecule has 1 aromatic carbocycles. The Kier molecular flexibility index (Phi) is 6.86. The largest absolute Gasteiger partial charge is 0.480 e. The van der Waals surface area contributed by atoms with Gasteiger partial charge in [-0.15, -0.1) is 0 Å². The zero-order valence-electron chi connectivity index (χ0n) is 19.7. The lowest BCUT2D eigenvalue weighted by Crippen LogP contribution is -2.25. The second-order valence-electron chi connectivity index (χ2n) is 8.62. The molecule has 0 bridgehead atoms. The van der Waals surface area contributed by atoms with E-state index in [0.29, 0.717) is 41.2 Å². The lowest BCUT2D eigenvalue weighted by atomic mass is 10.1. The molecule has 2 atom stereocenters. The van der Waals surface area contributed by atoms with Crippen LogP contribution in [-0.2, 0) is 24.2 Å². The number of carbonyl (C=O) groups is 1. The second kappa shape index (κ2) is 10.1. The van der Waals surface area contributed by atoms with E-state index in [1.807, 2.05) is 0 Å². The predicted molar refractivity (Wildman–Crippen MR) is 133 cm³/mol. The fourth-order valence-corrected chi connectivity index (χ4v) is 6.39. The number of methoxy groups -OCH3 is 2. The van der Waals surface area contributed by atoms with Gasteiger partial charge in [-0.25, -0.2) is 13.4 Å².